The van der Waals surface area contributed by atoms with Crippen molar-refractivity contribution in [1.82, 2.24) is 10.2 Å². The molecule has 2 saturated heterocycles. The van der Waals surface area contributed by atoms with Gasteiger partial charge in [-0.05, 0) is 32.8 Å². The SMILES string of the molecule is COc1ccccc1C1(NC(=O)[C@H]2[C@H]3C(=O)N(C(C)C)C[C@@]34C=C[C@H]2O4)CCCC1. The van der Waals surface area contributed by atoms with Crippen molar-refractivity contribution in [3.63, 3.8) is 0 Å². The van der Waals surface area contributed by atoms with Gasteiger partial charge in [-0.25, -0.2) is 0 Å². The molecule has 4 aliphatic rings. The topological polar surface area (TPSA) is 67.9 Å². The number of para-hydroxylation sites is 1. The number of ether oxygens (including phenoxy) is 2. The fourth-order valence-electron chi connectivity index (χ4n) is 6.06. The molecule has 3 fully saturated rings. The van der Waals surface area contributed by atoms with Gasteiger partial charge >= 0.3 is 0 Å². The normalized spacial score (nSPS) is 33.4. The van der Waals surface area contributed by atoms with Crippen LogP contribution in [-0.4, -0.2) is 48.1 Å². The average molecular weight is 411 g/mol. The number of nitrogens with zero attached hydrogens (tertiary/aromatic N) is 1. The highest BCUT2D eigenvalue weighted by atomic mass is 16.5. The number of methoxy groups -OCH3 is 1. The molecule has 0 radical (unpaired) electrons. The van der Waals surface area contributed by atoms with E-state index in [-0.39, 0.29) is 24.0 Å². The zero-order chi connectivity index (χ0) is 21.1. The minimum atomic E-state index is -0.651. The van der Waals surface area contributed by atoms with Crippen LogP contribution in [0.25, 0.3) is 0 Å². The Bertz CT molecular complexity index is 904. The van der Waals surface area contributed by atoms with Crippen molar-refractivity contribution < 1.29 is 19.1 Å². The van der Waals surface area contributed by atoms with E-state index < -0.39 is 23.0 Å². The lowest BCUT2D eigenvalue weighted by Gasteiger charge is -2.35. The van der Waals surface area contributed by atoms with Crippen molar-refractivity contribution in [2.24, 2.45) is 11.8 Å². The van der Waals surface area contributed by atoms with Crippen molar-refractivity contribution in [3.8, 4) is 5.75 Å². The zero-order valence-corrected chi connectivity index (χ0v) is 17.9. The lowest BCUT2D eigenvalue weighted by Crippen LogP contribution is -2.51. The third-order valence-electron chi connectivity index (χ3n) is 7.50. The smallest absolute Gasteiger partial charge is 0.230 e. The summed E-state index contributed by atoms with van der Waals surface area (Å²) in [6.07, 6.45) is 7.50. The molecule has 1 saturated carbocycles. The molecule has 1 spiro atoms. The summed E-state index contributed by atoms with van der Waals surface area (Å²) in [5, 5.41) is 3.38. The Morgan fingerprint density at radius 3 is 2.70 bits per heavy atom. The number of hydrogen-bond acceptors (Lipinski definition) is 4. The molecule has 1 N–H and O–H groups in total. The van der Waals surface area contributed by atoms with Gasteiger partial charge < -0.3 is 19.7 Å². The Labute approximate surface area is 177 Å². The lowest BCUT2D eigenvalue weighted by molar-refractivity contribution is -0.139. The molecule has 6 heteroatoms. The molecule has 4 atom stereocenters. The van der Waals surface area contributed by atoms with E-state index in [2.05, 4.69) is 5.32 Å². The molecule has 160 valence electrons. The molecular formula is C24H30N2O4. The van der Waals surface area contributed by atoms with E-state index in [1.54, 1.807) is 7.11 Å². The van der Waals surface area contributed by atoms with Crippen molar-refractivity contribution in [2.75, 3.05) is 13.7 Å². The number of carbonyl (C=O) groups excluding carboxylic acids is 2. The molecule has 5 rings (SSSR count). The van der Waals surface area contributed by atoms with E-state index >= 15 is 0 Å². The molecule has 3 aliphatic heterocycles. The molecule has 0 aromatic heterocycles. The monoisotopic (exact) mass is 410 g/mol. The highest BCUT2D eigenvalue weighted by Gasteiger charge is 2.67. The average Bonchev–Trinajstić information content (AvgIpc) is 3.49. The van der Waals surface area contributed by atoms with Crippen LogP contribution in [0.2, 0.25) is 0 Å². The second-order valence-electron chi connectivity index (χ2n) is 9.44. The number of fused-ring (bicyclic) bond motifs is 1. The van der Waals surface area contributed by atoms with Crippen molar-refractivity contribution in [1.29, 1.82) is 0 Å². The number of carbonyl (C=O) groups is 2. The van der Waals surface area contributed by atoms with E-state index in [1.165, 1.54) is 0 Å². The number of benzene rings is 1. The predicted molar refractivity (Wildman–Crippen MR) is 112 cm³/mol. The molecule has 1 aromatic carbocycles. The lowest BCUT2D eigenvalue weighted by atomic mass is 9.76. The fourth-order valence-corrected chi connectivity index (χ4v) is 6.06. The molecule has 1 aromatic rings. The van der Waals surface area contributed by atoms with Gasteiger partial charge in [-0.3, -0.25) is 9.59 Å². The van der Waals surface area contributed by atoms with Gasteiger partial charge in [-0.15, -0.1) is 0 Å². The summed E-state index contributed by atoms with van der Waals surface area (Å²) in [6.45, 7) is 4.55. The van der Waals surface area contributed by atoms with Crippen LogP contribution in [0.1, 0.15) is 45.1 Å². The summed E-state index contributed by atoms with van der Waals surface area (Å²) in [4.78, 5) is 28.8. The first-order valence-electron chi connectivity index (χ1n) is 11.0. The first-order valence-corrected chi connectivity index (χ1v) is 11.0. The summed E-state index contributed by atoms with van der Waals surface area (Å²) in [5.41, 5.74) is -0.0856. The number of likely N-dealkylation sites (tertiary alicyclic amines) is 1. The maximum Gasteiger partial charge on any atom is 0.230 e. The van der Waals surface area contributed by atoms with Gasteiger partial charge in [0.1, 0.15) is 11.4 Å². The Kier molecular flexibility index (Phi) is 4.47. The van der Waals surface area contributed by atoms with Crippen LogP contribution in [-0.2, 0) is 19.9 Å². The molecule has 2 amide bonds. The third kappa shape index (κ3) is 2.66. The Morgan fingerprint density at radius 2 is 2.00 bits per heavy atom. The summed E-state index contributed by atoms with van der Waals surface area (Å²) >= 11 is 0. The van der Waals surface area contributed by atoms with Crippen LogP contribution in [0.15, 0.2) is 36.4 Å². The highest BCUT2D eigenvalue weighted by molar-refractivity contribution is 5.93. The maximum absolute atomic E-state index is 13.7. The van der Waals surface area contributed by atoms with E-state index in [9.17, 15) is 9.59 Å². The van der Waals surface area contributed by atoms with Crippen LogP contribution in [0.3, 0.4) is 0 Å². The van der Waals surface area contributed by atoms with Crippen LogP contribution in [0, 0.1) is 11.8 Å². The van der Waals surface area contributed by atoms with E-state index in [0.717, 1.165) is 37.0 Å². The predicted octanol–water partition coefficient (Wildman–Crippen LogP) is 2.77. The Hall–Kier alpha value is -2.34. The van der Waals surface area contributed by atoms with Crippen LogP contribution < -0.4 is 10.1 Å². The minimum absolute atomic E-state index is 0.0368. The molecule has 30 heavy (non-hydrogen) atoms. The summed E-state index contributed by atoms with van der Waals surface area (Å²) in [6, 6.07) is 8.02. The first-order chi connectivity index (χ1) is 14.4. The van der Waals surface area contributed by atoms with Crippen molar-refractivity contribution in [3.05, 3.63) is 42.0 Å². The van der Waals surface area contributed by atoms with Crippen molar-refractivity contribution in [2.45, 2.75) is 62.8 Å². The van der Waals surface area contributed by atoms with E-state index in [4.69, 9.17) is 9.47 Å². The maximum atomic E-state index is 13.7. The van der Waals surface area contributed by atoms with Gasteiger partial charge in [0.15, 0.2) is 0 Å². The zero-order valence-electron chi connectivity index (χ0n) is 17.9. The van der Waals surface area contributed by atoms with Crippen LogP contribution in [0.4, 0.5) is 0 Å². The van der Waals surface area contributed by atoms with Crippen LogP contribution >= 0.6 is 0 Å². The quantitative estimate of drug-likeness (QED) is 0.758. The van der Waals surface area contributed by atoms with Gasteiger partial charge in [0.2, 0.25) is 11.8 Å². The summed E-state index contributed by atoms with van der Waals surface area (Å²) in [7, 11) is 1.67. The molecule has 3 heterocycles. The van der Waals surface area contributed by atoms with E-state index in [0.29, 0.717) is 6.54 Å². The molecule has 6 nitrogen and oxygen atoms in total. The number of hydrogen-bond donors (Lipinski definition) is 1. The Balaban J connectivity index is 1.46. The minimum Gasteiger partial charge on any atom is -0.496 e. The molecular weight excluding hydrogens is 380 g/mol. The van der Waals surface area contributed by atoms with Gasteiger partial charge in [-0.2, -0.15) is 0 Å². The number of amides is 2. The van der Waals surface area contributed by atoms with Crippen LogP contribution in [0.5, 0.6) is 5.75 Å². The fraction of sp³-hybridized carbons (Fsp3) is 0.583. The van der Waals surface area contributed by atoms with Gasteiger partial charge in [0.05, 0.1) is 37.1 Å². The summed E-state index contributed by atoms with van der Waals surface area (Å²) < 4.78 is 11.9. The van der Waals surface area contributed by atoms with Gasteiger partial charge in [0.25, 0.3) is 0 Å². The summed E-state index contributed by atoms with van der Waals surface area (Å²) in [5.74, 6) is -0.176. The largest absolute Gasteiger partial charge is 0.496 e. The molecule has 1 aliphatic carbocycles. The van der Waals surface area contributed by atoms with Crippen molar-refractivity contribution >= 4 is 11.8 Å². The first kappa shape index (κ1) is 19.6. The second-order valence-corrected chi connectivity index (χ2v) is 9.44. The second kappa shape index (κ2) is 6.84. The number of rotatable bonds is 5. The molecule has 2 bridgehead atoms. The van der Waals surface area contributed by atoms with Gasteiger partial charge in [0, 0.05) is 11.6 Å². The van der Waals surface area contributed by atoms with E-state index in [1.807, 2.05) is 55.2 Å². The Morgan fingerprint density at radius 1 is 1.27 bits per heavy atom. The molecule has 0 unspecified atom stereocenters. The van der Waals surface area contributed by atoms with Gasteiger partial charge in [-0.1, -0.05) is 43.2 Å². The third-order valence-corrected chi connectivity index (χ3v) is 7.50. The standard InChI is InChI=1S/C24H30N2O4/c1-15(2)26-14-24-13-10-18(30-24)19(20(24)22(26)28)21(27)25-23(11-6-7-12-23)16-8-4-5-9-17(16)29-3/h4-5,8-10,13,15,18-20H,6-7,11-12,14H2,1-3H3,(H,25,27)/t18-,19-,20+,24+/m1/s1. The number of nitrogens with one attached hydrogen (secondary N) is 1. The highest BCUT2D eigenvalue weighted by Crippen LogP contribution is 2.53.